The zero-order valence-electron chi connectivity index (χ0n) is 12.2. The normalized spacial score (nSPS) is 12.6. The Morgan fingerprint density at radius 1 is 1.15 bits per heavy atom. The number of benzene rings is 1. The average Bonchev–Trinajstić information content (AvgIpc) is 2.47. The number of nitrogens with zero attached hydrogens (tertiary/aromatic N) is 2. The molecule has 1 aromatic heterocycles. The van der Waals surface area contributed by atoms with Gasteiger partial charge in [0, 0.05) is 23.2 Å². The van der Waals surface area contributed by atoms with Gasteiger partial charge in [0.2, 0.25) is 0 Å². The van der Waals surface area contributed by atoms with Gasteiger partial charge in [-0.15, -0.1) is 16.7 Å². The molecule has 0 fully saturated rings. The third kappa shape index (κ3) is 3.60. The largest absolute Gasteiger partial charge is 0.368 e. The maximum absolute atomic E-state index is 5.87. The molecule has 1 aromatic carbocycles. The van der Waals surface area contributed by atoms with Gasteiger partial charge in [-0.3, -0.25) is 0 Å². The Labute approximate surface area is 125 Å². The van der Waals surface area contributed by atoms with Crippen LogP contribution in [-0.4, -0.2) is 22.6 Å². The second-order valence-electron chi connectivity index (χ2n) is 5.19. The Hall–Kier alpha value is -1.35. The number of hydrogen-bond acceptors (Lipinski definition) is 3. The van der Waals surface area contributed by atoms with Gasteiger partial charge < -0.3 is 5.32 Å². The summed E-state index contributed by atoms with van der Waals surface area (Å²) >= 11 is 5.87. The molecule has 0 radical (unpaired) electrons. The Balaban J connectivity index is 2.15. The minimum atomic E-state index is 0.597. The maximum Gasteiger partial charge on any atom is 0.156 e. The molecule has 0 amide bonds. The van der Waals surface area contributed by atoms with Gasteiger partial charge in [0.1, 0.15) is 0 Å². The number of fused-ring (bicyclic) bond motifs is 1. The second kappa shape index (κ2) is 7.44. The van der Waals surface area contributed by atoms with E-state index in [2.05, 4.69) is 34.6 Å². The standard InChI is InChI=1S/C16H22ClN3/c1-3-6-13(9-10-17)11-18-16-15-8-5-4-7-14(15)12(2)19-20-16/h4-5,7-8,13H,3,6,9-11H2,1-2H3,(H,18,20). The Kier molecular flexibility index (Phi) is 5.60. The van der Waals surface area contributed by atoms with Crippen molar-refractivity contribution in [3.05, 3.63) is 30.0 Å². The maximum atomic E-state index is 5.87. The van der Waals surface area contributed by atoms with Crippen LogP contribution in [0.15, 0.2) is 24.3 Å². The van der Waals surface area contributed by atoms with Crippen LogP contribution in [0, 0.1) is 12.8 Å². The van der Waals surface area contributed by atoms with Gasteiger partial charge >= 0.3 is 0 Å². The molecule has 20 heavy (non-hydrogen) atoms. The second-order valence-corrected chi connectivity index (χ2v) is 5.57. The van der Waals surface area contributed by atoms with Gasteiger partial charge in [-0.2, -0.15) is 5.10 Å². The summed E-state index contributed by atoms with van der Waals surface area (Å²) in [4.78, 5) is 0. The van der Waals surface area contributed by atoms with Gasteiger partial charge in [0.25, 0.3) is 0 Å². The van der Waals surface area contributed by atoms with Crippen LogP contribution < -0.4 is 5.32 Å². The van der Waals surface area contributed by atoms with Crippen LogP contribution in [0.5, 0.6) is 0 Å². The SMILES string of the molecule is CCCC(CCCl)CNc1nnc(C)c2ccccc12. The average molecular weight is 292 g/mol. The van der Waals surface area contributed by atoms with E-state index in [1.807, 2.05) is 19.1 Å². The molecule has 108 valence electrons. The van der Waals surface area contributed by atoms with Crippen LogP contribution >= 0.6 is 11.6 Å². The number of anilines is 1. The van der Waals surface area contributed by atoms with E-state index >= 15 is 0 Å². The fourth-order valence-electron chi connectivity index (χ4n) is 2.52. The lowest BCUT2D eigenvalue weighted by atomic mass is 10.0. The first kappa shape index (κ1) is 15.0. The third-order valence-corrected chi connectivity index (χ3v) is 3.86. The van der Waals surface area contributed by atoms with E-state index in [1.54, 1.807) is 0 Å². The van der Waals surface area contributed by atoms with Gasteiger partial charge in [0.05, 0.1) is 5.69 Å². The first-order valence-corrected chi connectivity index (χ1v) is 7.81. The van der Waals surface area contributed by atoms with Crippen molar-refractivity contribution >= 4 is 28.2 Å². The van der Waals surface area contributed by atoms with Crippen LogP contribution in [0.1, 0.15) is 31.9 Å². The number of nitrogens with one attached hydrogen (secondary N) is 1. The van der Waals surface area contributed by atoms with Crippen molar-refractivity contribution in [2.24, 2.45) is 5.92 Å². The molecule has 1 atom stereocenters. The molecule has 2 rings (SSSR count). The van der Waals surface area contributed by atoms with Crippen LogP contribution in [0.2, 0.25) is 0 Å². The van der Waals surface area contributed by atoms with Crippen molar-refractivity contribution in [2.45, 2.75) is 33.1 Å². The molecule has 0 aliphatic heterocycles. The van der Waals surface area contributed by atoms with Crippen molar-refractivity contribution in [1.29, 1.82) is 0 Å². The highest BCUT2D eigenvalue weighted by Gasteiger charge is 2.10. The molecule has 0 spiro atoms. The zero-order chi connectivity index (χ0) is 14.4. The number of aromatic nitrogens is 2. The summed E-state index contributed by atoms with van der Waals surface area (Å²) in [7, 11) is 0. The van der Waals surface area contributed by atoms with Crippen LogP contribution in [0.25, 0.3) is 10.8 Å². The van der Waals surface area contributed by atoms with E-state index in [1.165, 1.54) is 12.8 Å². The van der Waals surface area contributed by atoms with E-state index < -0.39 is 0 Å². The van der Waals surface area contributed by atoms with Crippen molar-refractivity contribution in [3.63, 3.8) is 0 Å². The highest BCUT2D eigenvalue weighted by atomic mass is 35.5. The van der Waals surface area contributed by atoms with Gasteiger partial charge in [-0.25, -0.2) is 0 Å². The molecule has 0 aliphatic rings. The third-order valence-electron chi connectivity index (χ3n) is 3.64. The molecule has 1 unspecified atom stereocenters. The van der Waals surface area contributed by atoms with Gasteiger partial charge in [0.15, 0.2) is 5.82 Å². The summed E-state index contributed by atoms with van der Waals surface area (Å²) < 4.78 is 0. The van der Waals surface area contributed by atoms with Crippen molar-refractivity contribution in [1.82, 2.24) is 10.2 Å². The first-order chi connectivity index (χ1) is 9.76. The topological polar surface area (TPSA) is 37.8 Å². The summed E-state index contributed by atoms with van der Waals surface area (Å²) in [5, 5.41) is 14.3. The smallest absolute Gasteiger partial charge is 0.156 e. The van der Waals surface area contributed by atoms with E-state index in [4.69, 9.17) is 11.6 Å². The number of halogens is 1. The summed E-state index contributed by atoms with van der Waals surface area (Å²) in [6, 6.07) is 8.26. The van der Waals surface area contributed by atoms with E-state index in [-0.39, 0.29) is 0 Å². The minimum absolute atomic E-state index is 0.597. The van der Waals surface area contributed by atoms with Crippen molar-refractivity contribution in [2.75, 3.05) is 17.7 Å². The van der Waals surface area contributed by atoms with Gasteiger partial charge in [-0.05, 0) is 25.7 Å². The van der Waals surface area contributed by atoms with Crippen LogP contribution in [0.4, 0.5) is 5.82 Å². The fraction of sp³-hybridized carbons (Fsp3) is 0.500. The molecular weight excluding hydrogens is 270 g/mol. The molecule has 1 heterocycles. The predicted octanol–water partition coefficient (Wildman–Crippen LogP) is 4.40. The number of hydrogen-bond donors (Lipinski definition) is 1. The minimum Gasteiger partial charge on any atom is -0.368 e. The molecule has 4 heteroatoms. The Morgan fingerprint density at radius 3 is 2.60 bits per heavy atom. The highest BCUT2D eigenvalue weighted by molar-refractivity contribution is 6.17. The molecule has 0 aliphatic carbocycles. The summed E-state index contributed by atoms with van der Waals surface area (Å²) in [6.07, 6.45) is 3.42. The van der Waals surface area contributed by atoms with Gasteiger partial charge in [-0.1, -0.05) is 37.6 Å². The molecule has 0 saturated carbocycles. The van der Waals surface area contributed by atoms with E-state index in [9.17, 15) is 0 Å². The zero-order valence-corrected chi connectivity index (χ0v) is 13.0. The lowest BCUT2D eigenvalue weighted by Crippen LogP contribution is -2.16. The fourth-order valence-corrected chi connectivity index (χ4v) is 2.83. The molecule has 0 bridgehead atoms. The van der Waals surface area contributed by atoms with E-state index in [0.717, 1.165) is 35.2 Å². The quantitative estimate of drug-likeness (QED) is 0.769. The van der Waals surface area contributed by atoms with Crippen molar-refractivity contribution < 1.29 is 0 Å². The first-order valence-electron chi connectivity index (χ1n) is 7.28. The van der Waals surface area contributed by atoms with Crippen LogP contribution in [0.3, 0.4) is 0 Å². The lowest BCUT2D eigenvalue weighted by molar-refractivity contribution is 0.489. The lowest BCUT2D eigenvalue weighted by Gasteiger charge is -2.16. The molecule has 0 saturated heterocycles. The number of aryl methyl sites for hydroxylation is 1. The molecule has 2 aromatic rings. The predicted molar refractivity (Wildman–Crippen MR) is 86.5 cm³/mol. The highest BCUT2D eigenvalue weighted by Crippen LogP contribution is 2.23. The summed E-state index contributed by atoms with van der Waals surface area (Å²) in [6.45, 7) is 5.11. The number of rotatable bonds is 7. The summed E-state index contributed by atoms with van der Waals surface area (Å²) in [5.41, 5.74) is 0.969. The molecule has 3 nitrogen and oxygen atoms in total. The van der Waals surface area contributed by atoms with Crippen molar-refractivity contribution in [3.8, 4) is 0 Å². The van der Waals surface area contributed by atoms with E-state index in [0.29, 0.717) is 11.8 Å². The molecule has 1 N–H and O–H groups in total. The Morgan fingerprint density at radius 2 is 1.90 bits per heavy atom. The van der Waals surface area contributed by atoms with Crippen LogP contribution in [-0.2, 0) is 0 Å². The Bertz CT molecular complexity index is 550. The summed E-state index contributed by atoms with van der Waals surface area (Å²) in [5.74, 6) is 2.19. The monoisotopic (exact) mass is 291 g/mol. The number of alkyl halides is 1. The molecular formula is C16H22ClN3.